The van der Waals surface area contributed by atoms with Crippen LogP contribution in [0.5, 0.6) is 0 Å². The van der Waals surface area contributed by atoms with E-state index in [2.05, 4.69) is 11.3 Å². The number of hydrogen-bond donors (Lipinski definition) is 0. The first-order valence-corrected chi connectivity index (χ1v) is 6.03. The number of carbonyl (C=O) groups excluding carboxylic acids is 1. The topological polar surface area (TPSA) is 26.3 Å². The third-order valence-corrected chi connectivity index (χ3v) is 3.18. The molecule has 1 rings (SSSR count). The predicted octanol–water partition coefficient (Wildman–Crippen LogP) is 4.65. The molecule has 23 heavy (non-hydrogen) atoms. The standard InChI is InChI=1S/C14H11F7O2/c1-7-4-5-10(6-8(7)2)12(13(16,17)18,14(19,20)21)23-11(22)9(3)15/h4-6H,3H2,1-2H3. The molecule has 0 unspecified atom stereocenters. The smallest absolute Gasteiger partial charge is 0.429 e. The van der Waals surface area contributed by atoms with Crippen LogP contribution < -0.4 is 0 Å². The summed E-state index contributed by atoms with van der Waals surface area (Å²) in [5.41, 5.74) is -5.84. The molecular formula is C14H11F7O2. The number of carbonyl (C=O) groups is 1. The van der Waals surface area contributed by atoms with Crippen molar-refractivity contribution >= 4 is 5.97 Å². The highest BCUT2D eigenvalue weighted by atomic mass is 19.4. The molecule has 0 aliphatic heterocycles. The SMILES string of the molecule is C=C(F)C(=O)OC(c1ccc(C)c(C)c1)(C(F)(F)F)C(F)(F)F. The fourth-order valence-corrected chi connectivity index (χ4v) is 1.82. The number of esters is 1. The molecule has 0 radical (unpaired) electrons. The van der Waals surface area contributed by atoms with Gasteiger partial charge in [-0.15, -0.1) is 0 Å². The van der Waals surface area contributed by atoms with Gasteiger partial charge >= 0.3 is 23.9 Å². The maximum Gasteiger partial charge on any atom is 0.442 e. The van der Waals surface area contributed by atoms with Gasteiger partial charge < -0.3 is 4.74 Å². The second-order valence-electron chi connectivity index (χ2n) is 4.77. The van der Waals surface area contributed by atoms with E-state index in [9.17, 15) is 35.5 Å². The highest BCUT2D eigenvalue weighted by Crippen LogP contribution is 2.53. The molecule has 1 aromatic carbocycles. The van der Waals surface area contributed by atoms with Crippen molar-refractivity contribution < 1.29 is 40.3 Å². The Bertz CT molecular complexity index is 615. The average molecular weight is 344 g/mol. The fourth-order valence-electron chi connectivity index (χ4n) is 1.82. The van der Waals surface area contributed by atoms with Crippen molar-refractivity contribution in [2.45, 2.75) is 31.8 Å². The molecule has 0 saturated heterocycles. The zero-order valence-corrected chi connectivity index (χ0v) is 11.9. The summed E-state index contributed by atoms with van der Waals surface area (Å²) >= 11 is 0. The predicted molar refractivity (Wildman–Crippen MR) is 66.0 cm³/mol. The van der Waals surface area contributed by atoms with Crippen LogP contribution in [0.1, 0.15) is 16.7 Å². The van der Waals surface area contributed by atoms with Crippen LogP contribution in [0.15, 0.2) is 30.6 Å². The van der Waals surface area contributed by atoms with Gasteiger partial charge in [0, 0.05) is 5.56 Å². The molecule has 0 spiro atoms. The van der Waals surface area contributed by atoms with Crippen molar-refractivity contribution in [2.24, 2.45) is 0 Å². The first-order chi connectivity index (χ1) is 10.2. The quantitative estimate of drug-likeness (QED) is 0.453. The van der Waals surface area contributed by atoms with Gasteiger partial charge in [-0.1, -0.05) is 24.8 Å². The summed E-state index contributed by atoms with van der Waals surface area (Å²) in [6.45, 7) is 5.11. The van der Waals surface area contributed by atoms with Gasteiger partial charge in [0.15, 0.2) is 0 Å². The molecule has 0 aromatic heterocycles. The van der Waals surface area contributed by atoms with Gasteiger partial charge in [0.1, 0.15) is 0 Å². The second kappa shape index (κ2) is 5.86. The minimum atomic E-state index is -6.07. The van der Waals surface area contributed by atoms with Crippen LogP contribution in [0.3, 0.4) is 0 Å². The lowest BCUT2D eigenvalue weighted by atomic mass is 9.89. The monoisotopic (exact) mass is 344 g/mol. The molecule has 128 valence electrons. The highest BCUT2D eigenvalue weighted by Gasteiger charge is 2.75. The molecule has 9 heteroatoms. The zero-order chi connectivity index (χ0) is 18.2. The number of hydrogen-bond acceptors (Lipinski definition) is 2. The van der Waals surface area contributed by atoms with E-state index in [4.69, 9.17) is 0 Å². The molecule has 0 saturated carbocycles. The Balaban J connectivity index is 3.72. The minimum Gasteiger partial charge on any atom is -0.429 e. The van der Waals surface area contributed by atoms with Gasteiger partial charge in [-0.05, 0) is 25.0 Å². The Morgan fingerprint density at radius 1 is 1.00 bits per heavy atom. The number of benzene rings is 1. The van der Waals surface area contributed by atoms with Gasteiger partial charge in [-0.2, -0.15) is 30.7 Å². The molecule has 0 amide bonds. The molecule has 0 bridgehead atoms. The Labute approximate surface area is 126 Å². The second-order valence-corrected chi connectivity index (χ2v) is 4.77. The van der Waals surface area contributed by atoms with Crippen molar-refractivity contribution in [1.82, 2.24) is 0 Å². The minimum absolute atomic E-state index is 0.107. The Hall–Kier alpha value is -2.06. The average Bonchev–Trinajstić information content (AvgIpc) is 2.35. The lowest BCUT2D eigenvalue weighted by molar-refractivity contribution is -0.377. The summed E-state index contributed by atoms with van der Waals surface area (Å²) in [6, 6.07) is 2.12. The lowest BCUT2D eigenvalue weighted by Crippen LogP contribution is -2.57. The third kappa shape index (κ3) is 3.32. The molecule has 0 heterocycles. The zero-order valence-electron chi connectivity index (χ0n) is 11.9. The largest absolute Gasteiger partial charge is 0.442 e. The van der Waals surface area contributed by atoms with Crippen molar-refractivity contribution in [2.75, 3.05) is 0 Å². The first-order valence-electron chi connectivity index (χ1n) is 6.03. The normalized spacial score (nSPS) is 12.9. The molecule has 0 aliphatic carbocycles. The number of rotatable bonds is 3. The highest BCUT2D eigenvalue weighted by molar-refractivity contribution is 5.85. The first kappa shape index (κ1) is 19.0. The fraction of sp³-hybridized carbons (Fsp3) is 0.357. The molecule has 0 aliphatic rings. The maximum absolute atomic E-state index is 13.3. The van der Waals surface area contributed by atoms with Gasteiger partial charge in [0.05, 0.1) is 0 Å². The van der Waals surface area contributed by atoms with E-state index < -0.39 is 35.3 Å². The van der Waals surface area contributed by atoms with Crippen molar-refractivity contribution in [3.63, 3.8) is 0 Å². The van der Waals surface area contributed by atoms with Crippen molar-refractivity contribution in [1.29, 1.82) is 0 Å². The molecule has 0 N–H and O–H groups in total. The van der Waals surface area contributed by atoms with Gasteiger partial charge in [-0.3, -0.25) is 0 Å². The number of aryl methyl sites for hydroxylation is 2. The Kier molecular flexibility index (Phi) is 4.84. The van der Waals surface area contributed by atoms with Gasteiger partial charge in [0.25, 0.3) is 0 Å². The summed E-state index contributed by atoms with van der Waals surface area (Å²) < 4.78 is 95.8. The van der Waals surface area contributed by atoms with Gasteiger partial charge in [-0.25, -0.2) is 4.79 Å². The van der Waals surface area contributed by atoms with Gasteiger partial charge in [0.2, 0.25) is 5.83 Å². The summed E-state index contributed by atoms with van der Waals surface area (Å²) in [5, 5.41) is 0. The van der Waals surface area contributed by atoms with Crippen LogP contribution in [-0.2, 0) is 15.1 Å². The number of ether oxygens (including phenoxy) is 1. The summed E-state index contributed by atoms with van der Waals surface area (Å²) in [5.74, 6) is -4.52. The van der Waals surface area contributed by atoms with Crippen LogP contribution in [0.2, 0.25) is 0 Å². The third-order valence-electron chi connectivity index (χ3n) is 3.18. The van der Waals surface area contributed by atoms with Crippen LogP contribution in [-0.4, -0.2) is 18.3 Å². The molecular weight excluding hydrogens is 333 g/mol. The van der Waals surface area contributed by atoms with E-state index in [0.717, 1.165) is 6.07 Å². The molecule has 2 nitrogen and oxygen atoms in total. The summed E-state index contributed by atoms with van der Waals surface area (Å²) in [4.78, 5) is 11.1. The number of alkyl halides is 6. The molecule has 0 atom stereocenters. The van der Waals surface area contributed by atoms with E-state index in [1.165, 1.54) is 13.8 Å². The van der Waals surface area contributed by atoms with Crippen LogP contribution in [0.4, 0.5) is 30.7 Å². The van der Waals surface area contributed by atoms with Crippen molar-refractivity contribution in [3.8, 4) is 0 Å². The number of halogens is 7. The molecule has 1 aromatic rings. The van der Waals surface area contributed by atoms with E-state index in [-0.39, 0.29) is 5.56 Å². The van der Waals surface area contributed by atoms with Crippen LogP contribution >= 0.6 is 0 Å². The van der Waals surface area contributed by atoms with E-state index in [1.807, 2.05) is 0 Å². The van der Waals surface area contributed by atoms with Crippen LogP contribution in [0, 0.1) is 13.8 Å². The maximum atomic E-state index is 13.3. The summed E-state index contributed by atoms with van der Waals surface area (Å²) in [6.07, 6.45) is -12.1. The Morgan fingerprint density at radius 2 is 1.48 bits per heavy atom. The van der Waals surface area contributed by atoms with Crippen LogP contribution in [0.25, 0.3) is 0 Å². The van der Waals surface area contributed by atoms with E-state index in [0.29, 0.717) is 17.7 Å². The van der Waals surface area contributed by atoms with E-state index in [1.54, 1.807) is 0 Å². The summed E-state index contributed by atoms with van der Waals surface area (Å²) in [7, 11) is 0. The Morgan fingerprint density at radius 3 is 1.83 bits per heavy atom. The lowest BCUT2D eigenvalue weighted by Gasteiger charge is -2.36. The molecule has 0 fully saturated rings. The van der Waals surface area contributed by atoms with Crippen molar-refractivity contribution in [3.05, 3.63) is 47.3 Å². The van der Waals surface area contributed by atoms with E-state index >= 15 is 0 Å².